The van der Waals surface area contributed by atoms with Crippen molar-refractivity contribution < 1.29 is 4.74 Å². The van der Waals surface area contributed by atoms with Crippen LogP contribution < -0.4 is 4.74 Å². The van der Waals surface area contributed by atoms with Gasteiger partial charge in [0.25, 0.3) is 0 Å². The van der Waals surface area contributed by atoms with Crippen LogP contribution in [0, 0.1) is 6.92 Å². The molecule has 1 heterocycles. The van der Waals surface area contributed by atoms with Gasteiger partial charge >= 0.3 is 0 Å². The second-order valence-electron chi connectivity index (χ2n) is 9.72. The first kappa shape index (κ1) is 22.5. The number of likely N-dealkylation sites (tertiary alicyclic amines) is 1. The Kier molecular flexibility index (Phi) is 6.76. The molecule has 3 aromatic rings. The molecule has 1 atom stereocenters. The van der Waals surface area contributed by atoms with Crippen molar-refractivity contribution in [3.63, 3.8) is 0 Å². The Hall–Kier alpha value is -2.29. The van der Waals surface area contributed by atoms with Gasteiger partial charge in [0.1, 0.15) is 12.4 Å². The lowest BCUT2D eigenvalue weighted by Crippen LogP contribution is -2.37. The monoisotopic (exact) mass is 459 g/mol. The van der Waals surface area contributed by atoms with Gasteiger partial charge in [0.15, 0.2) is 0 Å². The predicted octanol–water partition coefficient (Wildman–Crippen LogP) is 7.76. The number of fused-ring (bicyclic) bond motifs is 1. The highest BCUT2D eigenvalue weighted by molar-refractivity contribution is 6.32. The van der Waals surface area contributed by atoms with Crippen LogP contribution in [0.4, 0.5) is 0 Å². The Morgan fingerprint density at radius 2 is 1.76 bits per heavy atom. The second kappa shape index (κ2) is 9.91. The number of piperidine rings is 1. The molecule has 0 saturated carbocycles. The van der Waals surface area contributed by atoms with Crippen molar-refractivity contribution in [2.45, 2.75) is 71.6 Å². The maximum Gasteiger partial charge on any atom is 0.141 e. The predicted molar refractivity (Wildman–Crippen MR) is 138 cm³/mol. The average Bonchev–Trinajstić information content (AvgIpc) is 3.32. The van der Waals surface area contributed by atoms with E-state index in [9.17, 15) is 0 Å². The van der Waals surface area contributed by atoms with Crippen LogP contribution in [0.1, 0.15) is 60.4 Å². The molecule has 1 aliphatic heterocycles. The molecule has 5 rings (SSSR count). The van der Waals surface area contributed by atoms with Gasteiger partial charge < -0.3 is 4.74 Å². The van der Waals surface area contributed by atoms with Gasteiger partial charge in [-0.05, 0) is 97.5 Å². The maximum absolute atomic E-state index is 6.86. The van der Waals surface area contributed by atoms with Gasteiger partial charge in [-0.25, -0.2) is 0 Å². The highest BCUT2D eigenvalue weighted by Gasteiger charge is 2.26. The Bertz CT molecular complexity index is 1120. The van der Waals surface area contributed by atoms with Crippen molar-refractivity contribution in [3.8, 4) is 16.9 Å². The Labute approximate surface area is 203 Å². The molecule has 0 unspecified atom stereocenters. The minimum atomic E-state index is 0.543. The van der Waals surface area contributed by atoms with Crippen LogP contribution in [0.25, 0.3) is 11.1 Å². The van der Waals surface area contributed by atoms with Crippen molar-refractivity contribution in [2.24, 2.45) is 0 Å². The molecule has 0 spiro atoms. The summed E-state index contributed by atoms with van der Waals surface area (Å²) in [5.74, 6) is 0.907. The van der Waals surface area contributed by atoms with Gasteiger partial charge in [0.2, 0.25) is 0 Å². The molecule has 1 saturated heterocycles. The third kappa shape index (κ3) is 4.69. The van der Waals surface area contributed by atoms with E-state index in [1.165, 1.54) is 71.2 Å². The number of ether oxygens (including phenoxy) is 1. The van der Waals surface area contributed by atoms with Gasteiger partial charge in [-0.15, -0.1) is 0 Å². The van der Waals surface area contributed by atoms with E-state index in [1.807, 2.05) is 0 Å². The summed E-state index contributed by atoms with van der Waals surface area (Å²) >= 11 is 6.86. The van der Waals surface area contributed by atoms with E-state index < -0.39 is 0 Å². The van der Waals surface area contributed by atoms with E-state index in [2.05, 4.69) is 73.3 Å². The summed E-state index contributed by atoms with van der Waals surface area (Å²) in [5.41, 5.74) is 9.24. The first-order chi connectivity index (χ1) is 16.1. The standard InChI is InChI=1S/C30H34ClNO/c1-21-10-6-7-17-32(21)19-25-18-29(31)30(28-16-9-15-27(25)28)33-20-24-13-8-14-26(22(24)2)23-11-4-3-5-12-23/h3-5,8,11-14,18,21H,6-7,9-10,15-17,19-20H2,1-2H3/t21-/m1/s1. The topological polar surface area (TPSA) is 12.5 Å². The van der Waals surface area contributed by atoms with Gasteiger partial charge in [-0.1, -0.05) is 66.6 Å². The van der Waals surface area contributed by atoms with Gasteiger partial charge in [0, 0.05) is 12.6 Å². The summed E-state index contributed by atoms with van der Waals surface area (Å²) in [5, 5.41) is 0.771. The van der Waals surface area contributed by atoms with Crippen molar-refractivity contribution >= 4 is 11.6 Å². The normalized spacial score (nSPS) is 18.3. The van der Waals surface area contributed by atoms with Crippen molar-refractivity contribution in [1.82, 2.24) is 4.90 Å². The fourth-order valence-corrected chi connectivity index (χ4v) is 5.93. The lowest BCUT2D eigenvalue weighted by molar-refractivity contribution is 0.152. The maximum atomic E-state index is 6.86. The third-order valence-electron chi connectivity index (χ3n) is 7.61. The summed E-state index contributed by atoms with van der Waals surface area (Å²) in [6, 6.07) is 19.9. The molecule has 1 fully saturated rings. The lowest BCUT2D eigenvalue weighted by Gasteiger charge is -2.34. The average molecular weight is 460 g/mol. The lowest BCUT2D eigenvalue weighted by atomic mass is 9.96. The molecule has 1 aliphatic carbocycles. The smallest absolute Gasteiger partial charge is 0.141 e. The zero-order valence-corrected chi connectivity index (χ0v) is 20.6. The molecule has 0 bridgehead atoms. The number of benzene rings is 3. The molecule has 0 N–H and O–H groups in total. The van der Waals surface area contributed by atoms with Crippen LogP contribution in [-0.4, -0.2) is 17.5 Å². The fourth-order valence-electron chi connectivity index (χ4n) is 5.63. The molecular weight excluding hydrogens is 426 g/mol. The fraction of sp³-hybridized carbons (Fsp3) is 0.400. The van der Waals surface area contributed by atoms with Crippen LogP contribution in [0.3, 0.4) is 0 Å². The first-order valence-corrected chi connectivity index (χ1v) is 12.8. The van der Waals surface area contributed by atoms with Crippen LogP contribution in [-0.2, 0) is 26.0 Å². The Balaban J connectivity index is 1.38. The first-order valence-electron chi connectivity index (χ1n) is 12.5. The zero-order valence-electron chi connectivity index (χ0n) is 19.9. The number of hydrogen-bond acceptors (Lipinski definition) is 2. The Morgan fingerprint density at radius 1 is 0.939 bits per heavy atom. The SMILES string of the molecule is Cc1c(COc2c(Cl)cc(CN3CCCC[C@H]3C)c3c2CCC3)cccc1-c1ccccc1. The van der Waals surface area contributed by atoms with Gasteiger partial charge in [-0.3, -0.25) is 4.90 Å². The summed E-state index contributed by atoms with van der Waals surface area (Å²) in [7, 11) is 0. The molecule has 0 amide bonds. The van der Waals surface area contributed by atoms with E-state index in [4.69, 9.17) is 16.3 Å². The quantitative estimate of drug-likeness (QED) is 0.373. The van der Waals surface area contributed by atoms with E-state index >= 15 is 0 Å². The summed E-state index contributed by atoms with van der Waals surface area (Å²) in [6.07, 6.45) is 7.37. The largest absolute Gasteiger partial charge is 0.487 e. The van der Waals surface area contributed by atoms with Crippen LogP contribution in [0.5, 0.6) is 5.75 Å². The van der Waals surface area contributed by atoms with E-state index in [1.54, 1.807) is 0 Å². The molecule has 172 valence electrons. The molecule has 0 aromatic heterocycles. The van der Waals surface area contributed by atoms with E-state index in [-0.39, 0.29) is 0 Å². The third-order valence-corrected chi connectivity index (χ3v) is 7.89. The van der Waals surface area contributed by atoms with Crippen molar-refractivity contribution in [2.75, 3.05) is 6.54 Å². The van der Waals surface area contributed by atoms with Crippen LogP contribution in [0.15, 0.2) is 54.6 Å². The molecule has 33 heavy (non-hydrogen) atoms. The minimum absolute atomic E-state index is 0.543. The van der Waals surface area contributed by atoms with Crippen LogP contribution in [0.2, 0.25) is 5.02 Å². The minimum Gasteiger partial charge on any atom is -0.487 e. The summed E-state index contributed by atoms with van der Waals surface area (Å²) in [6.45, 7) is 7.31. The highest BCUT2D eigenvalue weighted by Crippen LogP contribution is 2.40. The van der Waals surface area contributed by atoms with Crippen LogP contribution >= 0.6 is 11.6 Å². The van der Waals surface area contributed by atoms with Crippen molar-refractivity contribution in [3.05, 3.63) is 87.4 Å². The summed E-state index contributed by atoms with van der Waals surface area (Å²) in [4.78, 5) is 2.63. The highest BCUT2D eigenvalue weighted by atomic mass is 35.5. The molecule has 2 aliphatic rings. The molecular formula is C30H34ClNO. The van der Waals surface area contributed by atoms with E-state index in [0.29, 0.717) is 12.6 Å². The second-order valence-corrected chi connectivity index (χ2v) is 10.1. The number of halogens is 1. The van der Waals surface area contributed by atoms with Gasteiger partial charge in [-0.2, -0.15) is 0 Å². The molecule has 0 radical (unpaired) electrons. The number of rotatable bonds is 6. The molecule has 3 heteroatoms. The number of hydrogen-bond donors (Lipinski definition) is 0. The molecule has 2 nitrogen and oxygen atoms in total. The van der Waals surface area contributed by atoms with Gasteiger partial charge in [0.05, 0.1) is 5.02 Å². The zero-order chi connectivity index (χ0) is 22.8. The summed E-state index contributed by atoms with van der Waals surface area (Å²) < 4.78 is 6.46. The van der Waals surface area contributed by atoms with Crippen molar-refractivity contribution in [1.29, 1.82) is 0 Å². The Morgan fingerprint density at radius 3 is 2.58 bits per heavy atom. The van der Waals surface area contributed by atoms with E-state index in [0.717, 1.165) is 30.2 Å². The molecule has 3 aromatic carbocycles. The number of nitrogens with zero attached hydrogens (tertiary/aromatic N) is 1.